The smallest absolute Gasteiger partial charge is 0.224 e. The molecule has 3 rings (SSSR count). The summed E-state index contributed by atoms with van der Waals surface area (Å²) in [7, 11) is 0. The van der Waals surface area contributed by atoms with Crippen molar-refractivity contribution in [1.82, 2.24) is 14.9 Å². The molecule has 0 saturated carbocycles. The van der Waals surface area contributed by atoms with E-state index in [1.165, 1.54) is 44.0 Å². The number of carbonyl (C=O) groups excluding carboxylic acids is 1. The summed E-state index contributed by atoms with van der Waals surface area (Å²) >= 11 is 5.90. The number of carbonyl (C=O) groups is 1. The summed E-state index contributed by atoms with van der Waals surface area (Å²) in [5, 5.41) is 3.72. The Hall–Kier alpha value is -2.33. The standard InChI is InChI=1S/C26H34ClN3O/c1-2-3-4-5-6-9-19-30-24-12-8-7-11-23(24)29-25(30)13-10-18-28-26(31)20-21-14-16-22(27)17-15-21/h7-8,11-12,14-17H,2-6,9-10,13,18-20H2,1H3,(H,28,31). The minimum absolute atomic E-state index is 0.0444. The summed E-state index contributed by atoms with van der Waals surface area (Å²) in [4.78, 5) is 17.1. The topological polar surface area (TPSA) is 46.9 Å². The quantitative estimate of drug-likeness (QED) is 0.316. The molecule has 0 aliphatic carbocycles. The number of benzene rings is 2. The second-order valence-corrected chi connectivity index (χ2v) is 8.63. The van der Waals surface area contributed by atoms with Crippen molar-refractivity contribution in [2.75, 3.05) is 6.54 Å². The Kier molecular flexibility index (Phi) is 9.41. The van der Waals surface area contributed by atoms with Crippen molar-refractivity contribution in [3.63, 3.8) is 0 Å². The Morgan fingerprint density at radius 3 is 2.52 bits per heavy atom. The number of fused-ring (bicyclic) bond motifs is 1. The fourth-order valence-corrected chi connectivity index (χ4v) is 4.07. The number of unbranched alkanes of at least 4 members (excludes halogenated alkanes) is 5. The van der Waals surface area contributed by atoms with Crippen molar-refractivity contribution >= 4 is 28.5 Å². The number of amides is 1. The third kappa shape index (κ3) is 7.39. The molecule has 166 valence electrons. The molecule has 31 heavy (non-hydrogen) atoms. The maximum Gasteiger partial charge on any atom is 0.224 e. The summed E-state index contributed by atoms with van der Waals surface area (Å²) in [6, 6.07) is 15.8. The molecule has 0 fully saturated rings. The molecule has 2 aromatic carbocycles. The molecular weight excluding hydrogens is 406 g/mol. The van der Waals surface area contributed by atoms with Crippen LogP contribution in [0.5, 0.6) is 0 Å². The summed E-state index contributed by atoms with van der Waals surface area (Å²) in [6.07, 6.45) is 9.86. The van der Waals surface area contributed by atoms with E-state index in [-0.39, 0.29) is 5.91 Å². The number of hydrogen-bond donors (Lipinski definition) is 1. The molecular formula is C26H34ClN3O. The van der Waals surface area contributed by atoms with Crippen LogP contribution in [-0.2, 0) is 24.2 Å². The highest BCUT2D eigenvalue weighted by Gasteiger charge is 2.10. The highest BCUT2D eigenvalue weighted by Crippen LogP contribution is 2.19. The molecule has 0 bridgehead atoms. The average Bonchev–Trinajstić information content (AvgIpc) is 3.13. The lowest BCUT2D eigenvalue weighted by Crippen LogP contribution is -2.26. The minimum Gasteiger partial charge on any atom is -0.356 e. The number of aryl methyl sites for hydroxylation is 2. The van der Waals surface area contributed by atoms with E-state index in [1.807, 2.05) is 30.3 Å². The van der Waals surface area contributed by atoms with Crippen LogP contribution in [0, 0.1) is 0 Å². The zero-order valence-corrected chi connectivity index (χ0v) is 19.3. The molecule has 1 N–H and O–H groups in total. The van der Waals surface area contributed by atoms with Gasteiger partial charge < -0.3 is 9.88 Å². The number of nitrogens with zero attached hydrogens (tertiary/aromatic N) is 2. The fourth-order valence-electron chi connectivity index (χ4n) is 3.94. The van der Waals surface area contributed by atoms with Gasteiger partial charge in [-0.15, -0.1) is 0 Å². The third-order valence-corrected chi connectivity index (χ3v) is 5.90. The molecule has 0 saturated heterocycles. The van der Waals surface area contributed by atoms with Gasteiger partial charge in [-0.2, -0.15) is 0 Å². The van der Waals surface area contributed by atoms with Gasteiger partial charge in [0.25, 0.3) is 0 Å². The van der Waals surface area contributed by atoms with Crippen LogP contribution in [0.25, 0.3) is 11.0 Å². The molecule has 0 unspecified atom stereocenters. The number of nitrogens with one attached hydrogen (secondary N) is 1. The van der Waals surface area contributed by atoms with Crippen LogP contribution < -0.4 is 5.32 Å². The maximum absolute atomic E-state index is 12.2. The van der Waals surface area contributed by atoms with E-state index in [2.05, 4.69) is 35.0 Å². The summed E-state index contributed by atoms with van der Waals surface area (Å²) in [6.45, 7) is 3.93. The number of hydrogen-bond acceptors (Lipinski definition) is 2. The third-order valence-electron chi connectivity index (χ3n) is 5.65. The first-order chi connectivity index (χ1) is 15.2. The first kappa shape index (κ1) is 23.3. The Bertz CT molecular complexity index is 949. The lowest BCUT2D eigenvalue weighted by atomic mass is 10.1. The summed E-state index contributed by atoms with van der Waals surface area (Å²) < 4.78 is 2.38. The van der Waals surface area contributed by atoms with Crippen LogP contribution in [-0.4, -0.2) is 22.0 Å². The van der Waals surface area contributed by atoms with E-state index in [0.29, 0.717) is 18.0 Å². The molecule has 0 radical (unpaired) electrons. The molecule has 1 amide bonds. The van der Waals surface area contributed by atoms with E-state index < -0.39 is 0 Å². The largest absolute Gasteiger partial charge is 0.356 e. The highest BCUT2D eigenvalue weighted by atomic mass is 35.5. The Morgan fingerprint density at radius 2 is 1.71 bits per heavy atom. The zero-order valence-electron chi connectivity index (χ0n) is 18.6. The first-order valence-electron chi connectivity index (χ1n) is 11.6. The molecule has 1 aromatic heterocycles. The number of para-hydroxylation sites is 2. The minimum atomic E-state index is 0.0444. The normalized spacial score (nSPS) is 11.2. The van der Waals surface area contributed by atoms with Crippen molar-refractivity contribution in [2.24, 2.45) is 0 Å². The van der Waals surface area contributed by atoms with Crippen molar-refractivity contribution in [1.29, 1.82) is 0 Å². The average molecular weight is 440 g/mol. The van der Waals surface area contributed by atoms with Gasteiger partial charge in [0, 0.05) is 24.5 Å². The summed E-state index contributed by atoms with van der Waals surface area (Å²) in [5.41, 5.74) is 3.26. The molecule has 1 heterocycles. The number of imidazole rings is 1. The zero-order chi connectivity index (χ0) is 21.9. The van der Waals surface area contributed by atoms with Gasteiger partial charge in [-0.1, -0.05) is 74.9 Å². The molecule has 3 aromatic rings. The fraction of sp³-hybridized carbons (Fsp3) is 0.462. The van der Waals surface area contributed by atoms with E-state index in [9.17, 15) is 4.79 Å². The van der Waals surface area contributed by atoms with E-state index in [1.54, 1.807) is 0 Å². The molecule has 0 spiro atoms. The highest BCUT2D eigenvalue weighted by molar-refractivity contribution is 6.30. The van der Waals surface area contributed by atoms with Crippen molar-refractivity contribution in [3.05, 3.63) is 64.9 Å². The Morgan fingerprint density at radius 1 is 0.968 bits per heavy atom. The van der Waals surface area contributed by atoms with Gasteiger partial charge >= 0.3 is 0 Å². The molecule has 4 nitrogen and oxygen atoms in total. The number of halogens is 1. The van der Waals surface area contributed by atoms with Gasteiger partial charge in [-0.05, 0) is 42.7 Å². The second kappa shape index (κ2) is 12.5. The van der Waals surface area contributed by atoms with Gasteiger partial charge in [0.05, 0.1) is 17.5 Å². The predicted octanol–water partition coefficient (Wildman–Crippen LogP) is 6.34. The van der Waals surface area contributed by atoms with E-state index in [4.69, 9.17) is 16.6 Å². The maximum atomic E-state index is 12.2. The van der Waals surface area contributed by atoms with Gasteiger partial charge in [-0.3, -0.25) is 4.79 Å². The molecule has 0 aliphatic heterocycles. The monoisotopic (exact) mass is 439 g/mol. The second-order valence-electron chi connectivity index (χ2n) is 8.19. The first-order valence-corrected chi connectivity index (χ1v) is 12.0. The van der Waals surface area contributed by atoms with Gasteiger partial charge in [-0.25, -0.2) is 4.98 Å². The summed E-state index contributed by atoms with van der Waals surface area (Å²) in [5.74, 6) is 1.17. The van der Waals surface area contributed by atoms with Crippen LogP contribution in [0.15, 0.2) is 48.5 Å². The van der Waals surface area contributed by atoms with Crippen LogP contribution >= 0.6 is 11.6 Å². The molecule has 5 heteroatoms. The van der Waals surface area contributed by atoms with Gasteiger partial charge in [0.1, 0.15) is 5.82 Å². The Balaban J connectivity index is 1.48. The van der Waals surface area contributed by atoms with Crippen molar-refractivity contribution in [2.45, 2.75) is 71.3 Å². The molecule has 0 aliphatic rings. The van der Waals surface area contributed by atoms with Gasteiger partial charge in [0.15, 0.2) is 0 Å². The van der Waals surface area contributed by atoms with Crippen molar-refractivity contribution in [3.8, 4) is 0 Å². The Labute approximate surface area is 191 Å². The molecule has 0 atom stereocenters. The van der Waals surface area contributed by atoms with Crippen LogP contribution in [0.1, 0.15) is 63.3 Å². The lowest BCUT2D eigenvalue weighted by Gasteiger charge is -2.10. The van der Waals surface area contributed by atoms with Crippen molar-refractivity contribution < 1.29 is 4.79 Å². The number of rotatable bonds is 13. The lowest BCUT2D eigenvalue weighted by molar-refractivity contribution is -0.120. The van der Waals surface area contributed by atoms with Crippen LogP contribution in [0.3, 0.4) is 0 Å². The van der Waals surface area contributed by atoms with E-state index >= 15 is 0 Å². The van der Waals surface area contributed by atoms with Crippen LogP contribution in [0.4, 0.5) is 0 Å². The van der Waals surface area contributed by atoms with Crippen LogP contribution in [0.2, 0.25) is 5.02 Å². The van der Waals surface area contributed by atoms with E-state index in [0.717, 1.165) is 36.3 Å². The number of aromatic nitrogens is 2. The van der Waals surface area contributed by atoms with Gasteiger partial charge in [0.2, 0.25) is 5.91 Å². The SMILES string of the molecule is CCCCCCCCn1c(CCCNC(=O)Cc2ccc(Cl)cc2)nc2ccccc21. The predicted molar refractivity (Wildman–Crippen MR) is 130 cm³/mol.